The number of benzene rings is 1. The lowest BCUT2D eigenvalue weighted by atomic mass is 10.1. The van der Waals surface area contributed by atoms with Crippen molar-refractivity contribution in [2.75, 3.05) is 5.32 Å². The number of rotatable bonds is 6. The fraction of sp³-hybridized carbons (Fsp3) is 0.105. The van der Waals surface area contributed by atoms with Crippen LogP contribution in [0, 0.1) is 5.82 Å². The number of anilines is 2. The molecule has 2 nitrogen and oxygen atoms in total. The zero-order chi connectivity index (χ0) is 16.8. The second-order valence-electron chi connectivity index (χ2n) is 5.06. The fourth-order valence-electron chi connectivity index (χ4n) is 1.87. The number of hydrogen-bond acceptors (Lipinski definition) is 3. The lowest BCUT2D eigenvalue weighted by molar-refractivity contribution is 0.628. The van der Waals surface area contributed by atoms with Crippen LogP contribution in [0.3, 0.4) is 0 Å². The summed E-state index contributed by atoms with van der Waals surface area (Å²) < 4.78 is 12.9. The maximum Gasteiger partial charge on any atom is 0.187 e. The van der Waals surface area contributed by atoms with Crippen LogP contribution >= 0.6 is 11.3 Å². The Labute approximate surface area is 140 Å². The van der Waals surface area contributed by atoms with Crippen molar-refractivity contribution in [1.82, 2.24) is 4.98 Å². The number of hydrogen-bond donors (Lipinski definition) is 1. The number of thiazole rings is 1. The van der Waals surface area contributed by atoms with Crippen molar-refractivity contribution < 1.29 is 4.39 Å². The largest absolute Gasteiger partial charge is 0.332 e. The van der Waals surface area contributed by atoms with E-state index in [1.165, 1.54) is 23.5 Å². The van der Waals surface area contributed by atoms with Gasteiger partial charge in [-0.15, -0.1) is 0 Å². The zero-order valence-electron chi connectivity index (χ0n) is 13.3. The normalized spacial score (nSPS) is 11.7. The SMILES string of the molecule is C=C(C)/C=C\C(=C/C)C(=C)c1cnc(Nc2ccc(F)cc2)s1. The molecular weight excluding hydrogens is 307 g/mol. The minimum absolute atomic E-state index is 0.259. The lowest BCUT2D eigenvalue weighted by Crippen LogP contribution is -1.88. The van der Waals surface area contributed by atoms with Crippen LogP contribution in [0.4, 0.5) is 15.2 Å². The van der Waals surface area contributed by atoms with Crippen LogP contribution in [0.2, 0.25) is 0 Å². The number of aromatic nitrogens is 1. The topological polar surface area (TPSA) is 24.9 Å². The Balaban J connectivity index is 2.13. The van der Waals surface area contributed by atoms with Crippen molar-refractivity contribution >= 4 is 27.7 Å². The third-order valence-corrected chi connectivity index (χ3v) is 4.08. The van der Waals surface area contributed by atoms with Crippen LogP contribution in [-0.4, -0.2) is 4.98 Å². The highest BCUT2D eigenvalue weighted by atomic mass is 32.1. The maximum atomic E-state index is 12.9. The molecule has 1 N–H and O–H groups in total. The van der Waals surface area contributed by atoms with E-state index in [1.807, 2.05) is 32.1 Å². The summed E-state index contributed by atoms with van der Waals surface area (Å²) in [6.07, 6.45) is 7.75. The summed E-state index contributed by atoms with van der Waals surface area (Å²) in [6, 6.07) is 6.18. The molecular formula is C19H19FN2S. The molecule has 1 heterocycles. The van der Waals surface area contributed by atoms with Crippen LogP contribution in [-0.2, 0) is 0 Å². The van der Waals surface area contributed by atoms with Crippen molar-refractivity contribution in [3.05, 3.63) is 83.7 Å². The van der Waals surface area contributed by atoms with Gasteiger partial charge in [0.1, 0.15) is 5.82 Å². The van der Waals surface area contributed by atoms with E-state index in [0.29, 0.717) is 0 Å². The van der Waals surface area contributed by atoms with Gasteiger partial charge in [-0.1, -0.05) is 48.3 Å². The third kappa shape index (κ3) is 4.76. The molecule has 2 aromatic rings. The molecule has 0 saturated heterocycles. The maximum absolute atomic E-state index is 12.9. The average molecular weight is 326 g/mol. The molecule has 0 atom stereocenters. The molecule has 4 heteroatoms. The van der Waals surface area contributed by atoms with Gasteiger partial charge in [0, 0.05) is 11.9 Å². The molecule has 23 heavy (non-hydrogen) atoms. The second-order valence-corrected chi connectivity index (χ2v) is 6.09. The first-order valence-corrected chi connectivity index (χ1v) is 7.99. The summed E-state index contributed by atoms with van der Waals surface area (Å²) in [4.78, 5) is 5.33. The van der Waals surface area contributed by atoms with Crippen LogP contribution in [0.5, 0.6) is 0 Å². The summed E-state index contributed by atoms with van der Waals surface area (Å²) in [5.74, 6) is -0.259. The molecule has 0 aliphatic rings. The van der Waals surface area contributed by atoms with Crippen molar-refractivity contribution in [2.45, 2.75) is 13.8 Å². The molecule has 2 rings (SSSR count). The summed E-state index contributed by atoms with van der Waals surface area (Å²) >= 11 is 1.51. The van der Waals surface area contributed by atoms with Crippen molar-refractivity contribution in [3.63, 3.8) is 0 Å². The zero-order valence-corrected chi connectivity index (χ0v) is 14.1. The van der Waals surface area contributed by atoms with Gasteiger partial charge < -0.3 is 5.32 Å². The van der Waals surface area contributed by atoms with E-state index in [4.69, 9.17) is 0 Å². The van der Waals surface area contributed by atoms with E-state index in [0.717, 1.165) is 32.4 Å². The van der Waals surface area contributed by atoms with E-state index >= 15 is 0 Å². The molecule has 0 fully saturated rings. The van der Waals surface area contributed by atoms with Crippen LogP contribution in [0.1, 0.15) is 18.7 Å². The van der Waals surface area contributed by atoms with E-state index < -0.39 is 0 Å². The Morgan fingerprint density at radius 2 is 1.91 bits per heavy atom. The van der Waals surface area contributed by atoms with Crippen molar-refractivity contribution in [1.29, 1.82) is 0 Å². The summed E-state index contributed by atoms with van der Waals surface area (Å²) in [5, 5.41) is 3.90. The Kier molecular flexibility index (Phi) is 5.66. The molecule has 0 aliphatic carbocycles. The Morgan fingerprint density at radius 1 is 1.22 bits per heavy atom. The van der Waals surface area contributed by atoms with Gasteiger partial charge >= 0.3 is 0 Å². The monoisotopic (exact) mass is 326 g/mol. The Hall–Kier alpha value is -2.46. The van der Waals surface area contributed by atoms with E-state index in [-0.39, 0.29) is 5.82 Å². The highest BCUT2D eigenvalue weighted by Crippen LogP contribution is 2.31. The third-order valence-electron chi connectivity index (χ3n) is 3.11. The molecule has 118 valence electrons. The summed E-state index contributed by atoms with van der Waals surface area (Å²) in [7, 11) is 0. The predicted octanol–water partition coefficient (Wildman–Crippen LogP) is 6.12. The molecule has 1 aromatic carbocycles. The van der Waals surface area contributed by atoms with Gasteiger partial charge in [0.2, 0.25) is 0 Å². The number of nitrogens with zero attached hydrogens (tertiary/aromatic N) is 1. The number of halogens is 1. The standard InChI is InChI=1S/C19H19FN2S/c1-5-15(7-6-13(2)3)14(4)18-12-21-19(23-18)22-17-10-8-16(20)9-11-17/h5-12H,2,4H2,1,3H3,(H,21,22)/b7-6-,15-5+. The molecule has 1 aromatic heterocycles. The van der Waals surface area contributed by atoms with Crippen molar-refractivity contribution in [2.24, 2.45) is 0 Å². The minimum atomic E-state index is -0.259. The summed E-state index contributed by atoms with van der Waals surface area (Å²) in [6.45, 7) is 11.9. The van der Waals surface area contributed by atoms with Gasteiger partial charge in [-0.25, -0.2) is 9.37 Å². The molecule has 0 bridgehead atoms. The van der Waals surface area contributed by atoms with Gasteiger partial charge in [-0.3, -0.25) is 0 Å². The minimum Gasteiger partial charge on any atom is -0.332 e. The van der Waals surface area contributed by atoms with Crippen LogP contribution in [0.25, 0.3) is 5.57 Å². The molecule has 0 saturated carbocycles. The quantitative estimate of drug-likeness (QED) is 0.647. The highest BCUT2D eigenvalue weighted by Gasteiger charge is 2.08. The van der Waals surface area contributed by atoms with E-state index in [9.17, 15) is 4.39 Å². The predicted molar refractivity (Wildman–Crippen MR) is 98.5 cm³/mol. The van der Waals surface area contributed by atoms with Gasteiger partial charge in [-0.2, -0.15) is 0 Å². The van der Waals surface area contributed by atoms with E-state index in [1.54, 1.807) is 18.3 Å². The first-order valence-electron chi connectivity index (χ1n) is 7.17. The first-order chi connectivity index (χ1) is 11.0. The second kappa shape index (κ2) is 7.70. The Morgan fingerprint density at radius 3 is 2.52 bits per heavy atom. The molecule has 0 amide bonds. The first kappa shape index (κ1) is 16.9. The number of allylic oxidation sites excluding steroid dienone is 6. The molecule has 0 unspecified atom stereocenters. The molecule has 0 aliphatic heterocycles. The van der Waals surface area contributed by atoms with Crippen LogP contribution < -0.4 is 5.32 Å². The van der Waals surface area contributed by atoms with Gasteiger partial charge in [0.05, 0.1) is 4.88 Å². The average Bonchev–Trinajstić information content (AvgIpc) is 2.98. The molecule has 0 spiro atoms. The smallest absolute Gasteiger partial charge is 0.187 e. The van der Waals surface area contributed by atoms with Crippen molar-refractivity contribution in [3.8, 4) is 0 Å². The highest BCUT2D eigenvalue weighted by molar-refractivity contribution is 7.16. The summed E-state index contributed by atoms with van der Waals surface area (Å²) in [5.41, 5.74) is 3.73. The van der Waals surface area contributed by atoms with Crippen LogP contribution in [0.15, 0.2) is 73.0 Å². The van der Waals surface area contributed by atoms with Gasteiger partial charge in [0.15, 0.2) is 5.13 Å². The van der Waals surface area contributed by atoms with Gasteiger partial charge in [-0.05, 0) is 49.3 Å². The van der Waals surface area contributed by atoms with Gasteiger partial charge in [0.25, 0.3) is 0 Å². The van der Waals surface area contributed by atoms with E-state index in [2.05, 4.69) is 23.5 Å². The molecule has 0 radical (unpaired) electrons. The Bertz CT molecular complexity index is 767. The number of nitrogens with one attached hydrogen (secondary N) is 1. The lowest BCUT2D eigenvalue weighted by Gasteiger charge is -2.04. The fourth-order valence-corrected chi connectivity index (χ4v) is 2.70.